The second kappa shape index (κ2) is 6.52. The van der Waals surface area contributed by atoms with Gasteiger partial charge in [-0.3, -0.25) is 4.68 Å². The van der Waals surface area contributed by atoms with Crippen molar-refractivity contribution in [1.82, 2.24) is 20.4 Å². The van der Waals surface area contributed by atoms with Crippen molar-refractivity contribution < 1.29 is 4.79 Å². The zero-order chi connectivity index (χ0) is 15.5. The molecule has 0 radical (unpaired) electrons. The van der Waals surface area contributed by atoms with Crippen LogP contribution in [0.2, 0.25) is 0 Å². The molecule has 0 aromatic carbocycles. The molecule has 2 amide bonds. The van der Waals surface area contributed by atoms with E-state index in [0.29, 0.717) is 0 Å². The van der Waals surface area contributed by atoms with E-state index in [2.05, 4.69) is 28.7 Å². The molecule has 0 aliphatic heterocycles. The van der Waals surface area contributed by atoms with Crippen LogP contribution >= 0.6 is 11.3 Å². The Kier molecular flexibility index (Phi) is 4.47. The number of thiophene rings is 1. The molecule has 0 bridgehead atoms. The average Bonchev–Trinajstić information content (AvgIpc) is 3.16. The third kappa shape index (κ3) is 3.02. The first-order valence-electron chi connectivity index (χ1n) is 7.80. The third-order valence-corrected chi connectivity index (χ3v) is 5.27. The second-order valence-electron chi connectivity index (χ2n) is 5.71. The number of hydrogen-bond acceptors (Lipinski definition) is 3. The Bertz CT molecular complexity index is 635. The summed E-state index contributed by atoms with van der Waals surface area (Å²) in [7, 11) is 1.96. The molecule has 0 saturated heterocycles. The van der Waals surface area contributed by atoms with Crippen molar-refractivity contribution in [2.45, 2.75) is 44.7 Å². The number of urea groups is 1. The highest BCUT2D eigenvalue weighted by atomic mass is 32.1. The van der Waals surface area contributed by atoms with Crippen LogP contribution in [0, 0.1) is 0 Å². The number of carbonyl (C=O) groups excluding carboxylic acids is 1. The van der Waals surface area contributed by atoms with E-state index in [1.165, 1.54) is 10.6 Å². The number of aromatic nitrogens is 2. The highest BCUT2D eigenvalue weighted by Gasteiger charge is 2.25. The molecule has 0 spiro atoms. The van der Waals surface area contributed by atoms with Crippen LogP contribution in [0.25, 0.3) is 0 Å². The van der Waals surface area contributed by atoms with Crippen LogP contribution < -0.4 is 10.6 Å². The Hall–Kier alpha value is -1.82. The highest BCUT2D eigenvalue weighted by molar-refractivity contribution is 7.10. The van der Waals surface area contributed by atoms with Crippen LogP contribution in [0.5, 0.6) is 0 Å². The van der Waals surface area contributed by atoms with E-state index in [1.807, 2.05) is 29.4 Å². The summed E-state index contributed by atoms with van der Waals surface area (Å²) >= 11 is 1.68. The van der Waals surface area contributed by atoms with Crippen molar-refractivity contribution in [2.24, 2.45) is 7.05 Å². The number of rotatable bonds is 4. The standard InChI is InChI=1S/C16H22N4OS/c1-3-12(15-8-5-9-22-15)18-16(21)19-13-6-4-7-14-11(13)10-17-20(14)2/h5,8-10,12-13H,3-4,6-7H2,1-2H3,(H2,18,19,21)/t12-,13-/m0/s1. The van der Waals surface area contributed by atoms with Crippen molar-refractivity contribution in [1.29, 1.82) is 0 Å². The average molecular weight is 318 g/mol. The Morgan fingerprint density at radius 2 is 2.45 bits per heavy atom. The van der Waals surface area contributed by atoms with Gasteiger partial charge in [0.15, 0.2) is 0 Å². The molecular weight excluding hydrogens is 296 g/mol. The van der Waals surface area contributed by atoms with Gasteiger partial charge in [-0.05, 0) is 37.1 Å². The summed E-state index contributed by atoms with van der Waals surface area (Å²) in [5.74, 6) is 0. The maximum Gasteiger partial charge on any atom is 0.315 e. The molecule has 118 valence electrons. The van der Waals surface area contributed by atoms with E-state index in [0.717, 1.165) is 31.2 Å². The van der Waals surface area contributed by atoms with Gasteiger partial charge in [-0.2, -0.15) is 5.10 Å². The van der Waals surface area contributed by atoms with Crippen LogP contribution in [0.15, 0.2) is 23.7 Å². The number of hydrogen-bond donors (Lipinski definition) is 2. The summed E-state index contributed by atoms with van der Waals surface area (Å²) < 4.78 is 1.92. The number of nitrogens with one attached hydrogen (secondary N) is 2. The molecule has 22 heavy (non-hydrogen) atoms. The molecule has 2 aromatic rings. The van der Waals surface area contributed by atoms with Crippen molar-refractivity contribution in [3.8, 4) is 0 Å². The first-order chi connectivity index (χ1) is 10.7. The molecule has 2 heterocycles. The van der Waals surface area contributed by atoms with Crippen molar-refractivity contribution >= 4 is 17.4 Å². The summed E-state index contributed by atoms with van der Waals surface area (Å²) in [6.07, 6.45) is 5.87. The summed E-state index contributed by atoms with van der Waals surface area (Å²) in [5, 5.41) is 12.6. The molecule has 3 rings (SSSR count). The van der Waals surface area contributed by atoms with Gasteiger partial charge >= 0.3 is 6.03 Å². The van der Waals surface area contributed by atoms with E-state index >= 15 is 0 Å². The Morgan fingerprint density at radius 1 is 1.59 bits per heavy atom. The predicted molar refractivity (Wildman–Crippen MR) is 87.9 cm³/mol. The summed E-state index contributed by atoms with van der Waals surface area (Å²) in [5.41, 5.74) is 2.40. The molecule has 2 atom stereocenters. The maximum absolute atomic E-state index is 12.3. The Labute approximate surface area is 134 Å². The highest BCUT2D eigenvalue weighted by Crippen LogP contribution is 2.29. The zero-order valence-corrected chi connectivity index (χ0v) is 13.8. The number of amides is 2. The van der Waals surface area contributed by atoms with Crippen molar-refractivity contribution in [3.63, 3.8) is 0 Å². The fourth-order valence-electron chi connectivity index (χ4n) is 3.08. The Balaban J connectivity index is 1.65. The molecule has 0 unspecified atom stereocenters. The van der Waals surface area contributed by atoms with Gasteiger partial charge in [0.25, 0.3) is 0 Å². The minimum absolute atomic E-state index is 0.0679. The smallest absolute Gasteiger partial charge is 0.315 e. The van der Waals surface area contributed by atoms with E-state index in [4.69, 9.17) is 0 Å². The maximum atomic E-state index is 12.3. The summed E-state index contributed by atoms with van der Waals surface area (Å²) in [6, 6.07) is 4.14. The van der Waals surface area contributed by atoms with E-state index in [1.54, 1.807) is 11.3 Å². The number of fused-ring (bicyclic) bond motifs is 1. The summed E-state index contributed by atoms with van der Waals surface area (Å²) in [6.45, 7) is 2.09. The van der Waals surface area contributed by atoms with Crippen molar-refractivity contribution in [3.05, 3.63) is 39.8 Å². The SMILES string of the molecule is CC[C@H](NC(=O)N[C@H]1CCCc2c1cnn2C)c1cccs1. The van der Waals surface area contributed by atoms with Crippen LogP contribution in [-0.2, 0) is 13.5 Å². The van der Waals surface area contributed by atoms with Gasteiger partial charge in [0.05, 0.1) is 18.3 Å². The quantitative estimate of drug-likeness (QED) is 0.908. The molecule has 1 aliphatic rings. The molecule has 1 aliphatic carbocycles. The van der Waals surface area contributed by atoms with Gasteiger partial charge in [-0.1, -0.05) is 13.0 Å². The monoisotopic (exact) mass is 318 g/mol. The number of carbonyl (C=O) groups is 1. The lowest BCUT2D eigenvalue weighted by Crippen LogP contribution is -2.40. The first-order valence-corrected chi connectivity index (χ1v) is 8.68. The molecule has 5 nitrogen and oxygen atoms in total. The molecule has 0 saturated carbocycles. The number of aryl methyl sites for hydroxylation is 1. The lowest BCUT2D eigenvalue weighted by molar-refractivity contribution is 0.231. The third-order valence-electron chi connectivity index (χ3n) is 4.28. The van der Waals surface area contributed by atoms with Gasteiger partial charge in [0, 0.05) is 23.2 Å². The minimum Gasteiger partial charge on any atom is -0.331 e. The van der Waals surface area contributed by atoms with Crippen molar-refractivity contribution in [2.75, 3.05) is 0 Å². The predicted octanol–water partition coefficient (Wildman–Crippen LogP) is 3.31. The summed E-state index contributed by atoms with van der Waals surface area (Å²) in [4.78, 5) is 13.5. The Morgan fingerprint density at radius 3 is 3.18 bits per heavy atom. The largest absolute Gasteiger partial charge is 0.331 e. The van der Waals surface area contributed by atoms with Gasteiger partial charge in [0.1, 0.15) is 0 Å². The van der Waals surface area contributed by atoms with Gasteiger partial charge in [-0.25, -0.2) is 4.79 Å². The second-order valence-corrected chi connectivity index (χ2v) is 6.69. The van der Waals surface area contributed by atoms with Crippen LogP contribution in [0.3, 0.4) is 0 Å². The van der Waals surface area contributed by atoms with E-state index in [-0.39, 0.29) is 18.1 Å². The van der Waals surface area contributed by atoms with Gasteiger partial charge in [-0.15, -0.1) is 11.3 Å². The first kappa shape index (κ1) is 15.1. The van der Waals surface area contributed by atoms with Crippen LogP contribution in [-0.4, -0.2) is 15.8 Å². The van der Waals surface area contributed by atoms with E-state index in [9.17, 15) is 4.79 Å². The fourth-order valence-corrected chi connectivity index (χ4v) is 3.94. The van der Waals surface area contributed by atoms with Gasteiger partial charge in [0.2, 0.25) is 0 Å². The molecule has 2 aromatic heterocycles. The van der Waals surface area contributed by atoms with Crippen LogP contribution in [0.4, 0.5) is 4.79 Å². The number of nitrogens with zero attached hydrogens (tertiary/aromatic N) is 2. The molecule has 2 N–H and O–H groups in total. The minimum atomic E-state index is -0.0954. The normalized spacial score (nSPS) is 18.5. The van der Waals surface area contributed by atoms with Gasteiger partial charge < -0.3 is 10.6 Å². The molecular formula is C16H22N4OS. The van der Waals surface area contributed by atoms with Crippen LogP contribution in [0.1, 0.15) is 54.4 Å². The molecule has 6 heteroatoms. The lowest BCUT2D eigenvalue weighted by Gasteiger charge is -2.25. The zero-order valence-electron chi connectivity index (χ0n) is 13.0. The fraction of sp³-hybridized carbons (Fsp3) is 0.500. The topological polar surface area (TPSA) is 59.0 Å². The van der Waals surface area contributed by atoms with E-state index < -0.39 is 0 Å². The molecule has 0 fully saturated rings. The lowest BCUT2D eigenvalue weighted by atomic mass is 9.93.